The molecule has 3 N–H and O–H groups in total. The Labute approximate surface area is 122 Å². The quantitative estimate of drug-likeness (QED) is 0.377. The number of hydrogen-bond donors (Lipinski definition) is 2. The standard InChI is InChI=1S/C14H19N3O2S/c1-9-10(2)20-7-6-17(9)14(18)12-5-3-4-11(8-12)13(15)16-19/h3-5,8-10,19H,6-7H2,1-2H3,(H2,15,16). The summed E-state index contributed by atoms with van der Waals surface area (Å²) < 4.78 is 0. The van der Waals surface area contributed by atoms with Crippen LogP contribution in [0.5, 0.6) is 0 Å². The molecule has 0 aliphatic carbocycles. The Morgan fingerprint density at radius 1 is 1.45 bits per heavy atom. The van der Waals surface area contributed by atoms with Crippen molar-refractivity contribution in [1.29, 1.82) is 0 Å². The van der Waals surface area contributed by atoms with E-state index in [1.807, 2.05) is 16.7 Å². The largest absolute Gasteiger partial charge is 0.409 e. The maximum absolute atomic E-state index is 12.6. The molecule has 20 heavy (non-hydrogen) atoms. The predicted octanol–water partition coefficient (Wildman–Crippen LogP) is 1.75. The number of nitrogens with zero attached hydrogens (tertiary/aromatic N) is 2. The van der Waals surface area contributed by atoms with Gasteiger partial charge in [-0.1, -0.05) is 24.2 Å². The van der Waals surface area contributed by atoms with Crippen LogP contribution in [0.25, 0.3) is 0 Å². The Bertz CT molecular complexity index is 533. The van der Waals surface area contributed by atoms with E-state index in [4.69, 9.17) is 10.9 Å². The second-order valence-electron chi connectivity index (χ2n) is 4.88. The Balaban J connectivity index is 2.25. The molecule has 0 spiro atoms. The minimum atomic E-state index is -0.00256. The zero-order valence-corrected chi connectivity index (χ0v) is 12.4. The van der Waals surface area contributed by atoms with Crippen molar-refractivity contribution in [3.8, 4) is 0 Å². The van der Waals surface area contributed by atoms with Crippen LogP contribution < -0.4 is 5.73 Å². The third-order valence-corrected chi connectivity index (χ3v) is 5.00. The van der Waals surface area contributed by atoms with E-state index in [0.717, 1.165) is 12.3 Å². The summed E-state index contributed by atoms with van der Waals surface area (Å²) in [7, 11) is 0. The predicted molar refractivity (Wildman–Crippen MR) is 81.4 cm³/mol. The van der Waals surface area contributed by atoms with E-state index < -0.39 is 0 Å². The third-order valence-electron chi connectivity index (χ3n) is 3.66. The number of oxime groups is 1. The van der Waals surface area contributed by atoms with Crippen molar-refractivity contribution in [3.05, 3.63) is 35.4 Å². The normalized spacial score (nSPS) is 23.7. The summed E-state index contributed by atoms with van der Waals surface area (Å²) in [6.07, 6.45) is 0. The molecule has 1 aromatic rings. The van der Waals surface area contributed by atoms with Crippen LogP contribution in [0, 0.1) is 0 Å². The van der Waals surface area contributed by atoms with Crippen LogP contribution in [-0.4, -0.2) is 45.4 Å². The van der Waals surface area contributed by atoms with Gasteiger partial charge in [-0.3, -0.25) is 4.79 Å². The molecule has 1 saturated heterocycles. The molecule has 1 aromatic carbocycles. The SMILES string of the molecule is CC1SCCN(C(=O)c2cccc(/C(N)=N/O)c2)C1C. The summed E-state index contributed by atoms with van der Waals surface area (Å²) in [5, 5.41) is 12.1. The van der Waals surface area contributed by atoms with Gasteiger partial charge in [-0.2, -0.15) is 11.8 Å². The Morgan fingerprint density at radius 2 is 2.15 bits per heavy atom. The lowest BCUT2D eigenvalue weighted by Gasteiger charge is -2.37. The Hall–Kier alpha value is -1.69. The lowest BCUT2D eigenvalue weighted by molar-refractivity contribution is 0.0698. The van der Waals surface area contributed by atoms with Crippen molar-refractivity contribution in [2.24, 2.45) is 10.9 Å². The van der Waals surface area contributed by atoms with Crippen LogP contribution in [0.3, 0.4) is 0 Å². The topological polar surface area (TPSA) is 78.9 Å². The molecular formula is C14H19N3O2S. The van der Waals surface area contributed by atoms with E-state index in [1.54, 1.807) is 24.3 Å². The van der Waals surface area contributed by atoms with Crippen molar-refractivity contribution in [2.75, 3.05) is 12.3 Å². The van der Waals surface area contributed by atoms with E-state index in [1.165, 1.54) is 0 Å². The molecule has 1 heterocycles. The Morgan fingerprint density at radius 3 is 2.85 bits per heavy atom. The van der Waals surface area contributed by atoms with Crippen molar-refractivity contribution in [2.45, 2.75) is 25.1 Å². The lowest BCUT2D eigenvalue weighted by atomic mass is 10.1. The minimum Gasteiger partial charge on any atom is -0.409 e. The lowest BCUT2D eigenvalue weighted by Crippen LogP contribution is -2.48. The fourth-order valence-corrected chi connectivity index (χ4v) is 3.35. The first kappa shape index (κ1) is 14.7. The molecule has 6 heteroatoms. The van der Waals surface area contributed by atoms with Gasteiger partial charge >= 0.3 is 0 Å². The van der Waals surface area contributed by atoms with E-state index in [0.29, 0.717) is 16.4 Å². The highest BCUT2D eigenvalue weighted by Crippen LogP contribution is 2.25. The summed E-state index contributed by atoms with van der Waals surface area (Å²) in [4.78, 5) is 14.5. The highest BCUT2D eigenvalue weighted by atomic mass is 32.2. The van der Waals surface area contributed by atoms with Gasteiger partial charge in [0.2, 0.25) is 0 Å². The molecule has 2 atom stereocenters. The number of hydrogen-bond acceptors (Lipinski definition) is 4. The molecule has 1 aliphatic heterocycles. The van der Waals surface area contributed by atoms with Gasteiger partial charge in [0, 0.05) is 34.7 Å². The first-order chi connectivity index (χ1) is 9.54. The fourth-order valence-electron chi connectivity index (χ4n) is 2.25. The molecule has 2 rings (SSSR count). The maximum Gasteiger partial charge on any atom is 0.254 e. The first-order valence-electron chi connectivity index (χ1n) is 6.55. The van der Waals surface area contributed by atoms with Crippen LogP contribution >= 0.6 is 11.8 Å². The van der Waals surface area contributed by atoms with Gasteiger partial charge in [-0.05, 0) is 19.1 Å². The van der Waals surface area contributed by atoms with Gasteiger partial charge in [0.15, 0.2) is 5.84 Å². The fraction of sp³-hybridized carbons (Fsp3) is 0.429. The molecule has 0 radical (unpaired) electrons. The molecule has 2 unspecified atom stereocenters. The maximum atomic E-state index is 12.6. The van der Waals surface area contributed by atoms with E-state index in [-0.39, 0.29) is 17.8 Å². The number of carbonyl (C=O) groups is 1. The van der Waals surface area contributed by atoms with Gasteiger partial charge in [0.05, 0.1) is 0 Å². The van der Waals surface area contributed by atoms with Crippen LogP contribution in [0.2, 0.25) is 0 Å². The molecular weight excluding hydrogens is 274 g/mol. The smallest absolute Gasteiger partial charge is 0.254 e. The summed E-state index contributed by atoms with van der Waals surface area (Å²) >= 11 is 1.89. The number of thioether (sulfide) groups is 1. The number of rotatable bonds is 2. The molecule has 0 bridgehead atoms. The first-order valence-corrected chi connectivity index (χ1v) is 7.60. The van der Waals surface area contributed by atoms with Crippen molar-refractivity contribution in [1.82, 2.24) is 4.90 Å². The van der Waals surface area contributed by atoms with Crippen LogP contribution in [0.15, 0.2) is 29.4 Å². The molecule has 1 aliphatic rings. The van der Waals surface area contributed by atoms with Crippen LogP contribution in [0.4, 0.5) is 0 Å². The third kappa shape index (κ3) is 2.90. The number of amidine groups is 1. The zero-order valence-electron chi connectivity index (χ0n) is 11.6. The summed E-state index contributed by atoms with van der Waals surface area (Å²) in [6.45, 7) is 4.96. The number of benzene rings is 1. The van der Waals surface area contributed by atoms with Gasteiger partial charge in [-0.15, -0.1) is 0 Å². The van der Waals surface area contributed by atoms with Gasteiger partial charge in [0.1, 0.15) is 0 Å². The average Bonchev–Trinajstić information content (AvgIpc) is 2.48. The molecule has 108 valence electrons. The van der Waals surface area contributed by atoms with E-state index in [2.05, 4.69) is 19.0 Å². The van der Waals surface area contributed by atoms with E-state index >= 15 is 0 Å². The number of amides is 1. The number of carbonyl (C=O) groups excluding carboxylic acids is 1. The van der Waals surface area contributed by atoms with Crippen LogP contribution in [0.1, 0.15) is 29.8 Å². The molecule has 1 amide bonds. The van der Waals surface area contributed by atoms with Gasteiger partial charge < -0.3 is 15.8 Å². The van der Waals surface area contributed by atoms with E-state index in [9.17, 15) is 4.79 Å². The zero-order chi connectivity index (χ0) is 14.7. The van der Waals surface area contributed by atoms with Crippen molar-refractivity contribution in [3.63, 3.8) is 0 Å². The highest BCUT2D eigenvalue weighted by Gasteiger charge is 2.29. The summed E-state index contributed by atoms with van der Waals surface area (Å²) in [5.74, 6) is 0.962. The minimum absolute atomic E-state index is 0.00256. The number of nitrogens with two attached hydrogens (primary N) is 1. The summed E-state index contributed by atoms with van der Waals surface area (Å²) in [6, 6.07) is 7.08. The van der Waals surface area contributed by atoms with Crippen molar-refractivity contribution < 1.29 is 10.0 Å². The molecule has 0 saturated carbocycles. The van der Waals surface area contributed by atoms with Crippen LogP contribution in [-0.2, 0) is 0 Å². The Kier molecular flexibility index (Phi) is 4.54. The van der Waals surface area contributed by atoms with Crippen molar-refractivity contribution >= 4 is 23.5 Å². The van der Waals surface area contributed by atoms with Gasteiger partial charge in [0.25, 0.3) is 5.91 Å². The molecule has 1 fully saturated rings. The summed E-state index contributed by atoms with van der Waals surface area (Å²) in [5.41, 5.74) is 6.68. The molecule has 0 aromatic heterocycles. The molecule has 5 nitrogen and oxygen atoms in total. The average molecular weight is 293 g/mol. The monoisotopic (exact) mass is 293 g/mol. The second kappa shape index (κ2) is 6.17. The van der Waals surface area contributed by atoms with Gasteiger partial charge in [-0.25, -0.2) is 0 Å². The second-order valence-corrected chi connectivity index (χ2v) is 6.37. The highest BCUT2D eigenvalue weighted by molar-refractivity contribution is 8.00.